The Morgan fingerprint density at radius 3 is 2.45 bits per heavy atom. The van der Waals surface area contributed by atoms with Gasteiger partial charge in [0.2, 0.25) is 0 Å². The largest absolute Gasteiger partial charge is 0.492 e. The van der Waals surface area contributed by atoms with Crippen molar-refractivity contribution in [2.75, 3.05) is 13.2 Å². The molecular formula is C17H20FNO. The van der Waals surface area contributed by atoms with E-state index in [1.54, 1.807) is 0 Å². The van der Waals surface area contributed by atoms with E-state index in [4.69, 9.17) is 4.74 Å². The minimum atomic E-state index is -0.189. The molecule has 2 aromatic carbocycles. The number of nitrogens with one attached hydrogen (secondary N) is 1. The molecule has 1 N–H and O–H groups in total. The van der Waals surface area contributed by atoms with E-state index in [0.29, 0.717) is 12.6 Å². The monoisotopic (exact) mass is 273 g/mol. The second kappa shape index (κ2) is 7.65. The van der Waals surface area contributed by atoms with Crippen molar-refractivity contribution in [2.45, 2.75) is 19.4 Å². The van der Waals surface area contributed by atoms with Crippen LogP contribution in [0.4, 0.5) is 4.39 Å². The zero-order valence-electron chi connectivity index (χ0n) is 11.7. The topological polar surface area (TPSA) is 21.3 Å². The lowest BCUT2D eigenvalue weighted by Gasteiger charge is -2.14. The summed E-state index contributed by atoms with van der Waals surface area (Å²) in [5, 5.41) is 3.40. The molecule has 1 unspecified atom stereocenters. The Balaban J connectivity index is 1.65. The smallest absolute Gasteiger partial charge is 0.123 e. The molecule has 0 spiro atoms. The molecule has 3 heteroatoms. The van der Waals surface area contributed by atoms with E-state index >= 15 is 0 Å². The van der Waals surface area contributed by atoms with Gasteiger partial charge in [-0.2, -0.15) is 0 Å². The Labute approximate surface area is 119 Å². The van der Waals surface area contributed by atoms with Crippen LogP contribution in [0.5, 0.6) is 5.75 Å². The summed E-state index contributed by atoms with van der Waals surface area (Å²) in [7, 11) is 0. The molecule has 2 aromatic rings. The van der Waals surface area contributed by atoms with Crippen molar-refractivity contribution in [3.05, 3.63) is 66.0 Å². The third-order valence-corrected chi connectivity index (χ3v) is 3.06. The molecule has 0 radical (unpaired) electrons. The molecule has 106 valence electrons. The molecular weight excluding hydrogens is 253 g/mol. The van der Waals surface area contributed by atoms with Crippen LogP contribution in [0, 0.1) is 5.82 Å². The summed E-state index contributed by atoms with van der Waals surface area (Å²) < 4.78 is 18.4. The van der Waals surface area contributed by atoms with E-state index < -0.39 is 0 Å². The van der Waals surface area contributed by atoms with Gasteiger partial charge >= 0.3 is 0 Å². The molecule has 0 saturated carbocycles. The minimum Gasteiger partial charge on any atom is -0.492 e. The second-order valence-corrected chi connectivity index (χ2v) is 4.85. The highest BCUT2D eigenvalue weighted by Gasteiger charge is 2.03. The normalized spacial score (nSPS) is 12.1. The standard InChI is InChI=1S/C17H20FNO/c1-14(13-15-7-9-16(18)10-8-15)19-11-12-20-17-5-3-2-4-6-17/h2-10,14,19H,11-13H2,1H3. The number of ether oxygens (including phenoxy) is 1. The van der Waals surface area contributed by atoms with Crippen molar-refractivity contribution >= 4 is 0 Å². The van der Waals surface area contributed by atoms with Gasteiger partial charge in [0.1, 0.15) is 18.2 Å². The van der Waals surface area contributed by atoms with Crippen molar-refractivity contribution in [3.63, 3.8) is 0 Å². The molecule has 0 aliphatic heterocycles. The Morgan fingerprint density at radius 1 is 1.05 bits per heavy atom. The highest BCUT2D eigenvalue weighted by atomic mass is 19.1. The Hall–Kier alpha value is -1.87. The van der Waals surface area contributed by atoms with Crippen LogP contribution in [0.1, 0.15) is 12.5 Å². The van der Waals surface area contributed by atoms with Crippen LogP contribution in [0.2, 0.25) is 0 Å². The number of hydrogen-bond acceptors (Lipinski definition) is 2. The van der Waals surface area contributed by atoms with Crippen molar-refractivity contribution in [1.82, 2.24) is 5.32 Å². The summed E-state index contributed by atoms with van der Waals surface area (Å²) in [6.45, 7) is 3.54. The van der Waals surface area contributed by atoms with Gasteiger partial charge in [-0.05, 0) is 43.2 Å². The van der Waals surface area contributed by atoms with Gasteiger partial charge in [-0.15, -0.1) is 0 Å². The second-order valence-electron chi connectivity index (χ2n) is 4.85. The molecule has 0 bridgehead atoms. The van der Waals surface area contributed by atoms with Crippen molar-refractivity contribution in [3.8, 4) is 5.75 Å². The van der Waals surface area contributed by atoms with Gasteiger partial charge in [-0.1, -0.05) is 30.3 Å². The summed E-state index contributed by atoms with van der Waals surface area (Å²) in [6, 6.07) is 16.8. The maximum Gasteiger partial charge on any atom is 0.123 e. The van der Waals surface area contributed by atoms with Crippen molar-refractivity contribution in [1.29, 1.82) is 0 Å². The van der Waals surface area contributed by atoms with E-state index in [-0.39, 0.29) is 5.82 Å². The fourth-order valence-electron chi connectivity index (χ4n) is 2.04. The first-order chi connectivity index (χ1) is 9.74. The molecule has 0 amide bonds. The maximum atomic E-state index is 12.8. The summed E-state index contributed by atoms with van der Waals surface area (Å²) in [6.07, 6.45) is 0.881. The van der Waals surface area contributed by atoms with Gasteiger partial charge in [0.05, 0.1) is 0 Å². The number of halogens is 1. The molecule has 0 aromatic heterocycles. The third-order valence-electron chi connectivity index (χ3n) is 3.06. The van der Waals surface area contributed by atoms with Gasteiger partial charge in [0.25, 0.3) is 0 Å². The number of benzene rings is 2. The first-order valence-corrected chi connectivity index (χ1v) is 6.90. The fraction of sp³-hybridized carbons (Fsp3) is 0.294. The van der Waals surface area contributed by atoms with Crippen LogP contribution in [0.3, 0.4) is 0 Å². The van der Waals surface area contributed by atoms with Crippen LogP contribution in [-0.2, 0) is 6.42 Å². The van der Waals surface area contributed by atoms with E-state index in [0.717, 1.165) is 24.3 Å². The number of rotatable bonds is 7. The molecule has 0 aliphatic rings. The lowest BCUT2D eigenvalue weighted by Crippen LogP contribution is -2.31. The molecule has 0 saturated heterocycles. The average molecular weight is 273 g/mol. The number of hydrogen-bond donors (Lipinski definition) is 1. The van der Waals surface area contributed by atoms with Crippen LogP contribution in [-0.4, -0.2) is 19.2 Å². The Kier molecular flexibility index (Phi) is 5.56. The van der Waals surface area contributed by atoms with Crippen LogP contribution < -0.4 is 10.1 Å². The number of para-hydroxylation sites is 1. The van der Waals surface area contributed by atoms with Crippen LogP contribution in [0.15, 0.2) is 54.6 Å². The molecule has 0 heterocycles. The van der Waals surface area contributed by atoms with E-state index in [9.17, 15) is 4.39 Å². The van der Waals surface area contributed by atoms with E-state index in [1.165, 1.54) is 12.1 Å². The molecule has 2 nitrogen and oxygen atoms in total. The van der Waals surface area contributed by atoms with E-state index in [1.807, 2.05) is 42.5 Å². The van der Waals surface area contributed by atoms with E-state index in [2.05, 4.69) is 12.2 Å². The summed E-state index contributed by atoms with van der Waals surface area (Å²) in [5.41, 5.74) is 1.13. The van der Waals surface area contributed by atoms with Crippen LogP contribution >= 0.6 is 0 Å². The fourth-order valence-corrected chi connectivity index (χ4v) is 2.04. The van der Waals surface area contributed by atoms with Gasteiger partial charge in [0, 0.05) is 12.6 Å². The highest BCUT2D eigenvalue weighted by molar-refractivity contribution is 5.20. The zero-order chi connectivity index (χ0) is 14.2. The summed E-state index contributed by atoms with van der Waals surface area (Å²) in [5.74, 6) is 0.700. The molecule has 2 rings (SSSR count). The lowest BCUT2D eigenvalue weighted by atomic mass is 10.1. The Morgan fingerprint density at radius 2 is 1.75 bits per heavy atom. The summed E-state index contributed by atoms with van der Waals surface area (Å²) >= 11 is 0. The SMILES string of the molecule is CC(Cc1ccc(F)cc1)NCCOc1ccccc1. The minimum absolute atomic E-state index is 0.189. The third kappa shape index (κ3) is 5.02. The Bertz CT molecular complexity index is 498. The molecule has 1 atom stereocenters. The van der Waals surface area contributed by atoms with Gasteiger partial charge in [-0.25, -0.2) is 4.39 Å². The quantitative estimate of drug-likeness (QED) is 0.780. The predicted molar refractivity (Wildman–Crippen MR) is 79.5 cm³/mol. The van der Waals surface area contributed by atoms with Crippen molar-refractivity contribution in [2.24, 2.45) is 0 Å². The average Bonchev–Trinajstić information content (AvgIpc) is 2.47. The predicted octanol–water partition coefficient (Wildman–Crippen LogP) is 3.43. The lowest BCUT2D eigenvalue weighted by molar-refractivity contribution is 0.306. The molecule has 20 heavy (non-hydrogen) atoms. The van der Waals surface area contributed by atoms with Crippen LogP contribution in [0.25, 0.3) is 0 Å². The first kappa shape index (κ1) is 14.5. The van der Waals surface area contributed by atoms with Gasteiger partial charge in [-0.3, -0.25) is 0 Å². The summed E-state index contributed by atoms with van der Waals surface area (Å²) in [4.78, 5) is 0. The highest BCUT2D eigenvalue weighted by Crippen LogP contribution is 2.08. The van der Waals surface area contributed by atoms with Crippen molar-refractivity contribution < 1.29 is 9.13 Å². The van der Waals surface area contributed by atoms with Gasteiger partial charge < -0.3 is 10.1 Å². The first-order valence-electron chi connectivity index (χ1n) is 6.90. The zero-order valence-corrected chi connectivity index (χ0v) is 11.7. The molecule has 0 fully saturated rings. The van der Waals surface area contributed by atoms with Gasteiger partial charge in [0.15, 0.2) is 0 Å². The molecule has 0 aliphatic carbocycles. The maximum absolute atomic E-state index is 12.8.